The minimum Gasteiger partial charge on any atom is -0.467 e. The van der Waals surface area contributed by atoms with Crippen LogP contribution in [0.3, 0.4) is 0 Å². The van der Waals surface area contributed by atoms with Crippen molar-refractivity contribution in [2.45, 2.75) is 70.5 Å². The van der Waals surface area contributed by atoms with E-state index in [4.69, 9.17) is 13.9 Å². The maximum absolute atomic E-state index is 13.3. The number of para-hydroxylation sites is 1. The summed E-state index contributed by atoms with van der Waals surface area (Å²) in [5, 5.41) is 12.1. The minimum absolute atomic E-state index is 0.0173. The predicted molar refractivity (Wildman–Crippen MR) is 140 cm³/mol. The van der Waals surface area contributed by atoms with Gasteiger partial charge in [0.15, 0.2) is 0 Å². The molecule has 0 saturated carbocycles. The second-order valence-electron chi connectivity index (χ2n) is 10.5. The topological polar surface area (TPSA) is 140 Å². The third-order valence-corrected chi connectivity index (χ3v) is 6.95. The highest BCUT2D eigenvalue weighted by Gasteiger charge is 2.37. The molecule has 0 spiro atoms. The highest BCUT2D eigenvalue weighted by atomic mass is 32.2. The van der Waals surface area contributed by atoms with Gasteiger partial charge in [-0.25, -0.2) is 9.59 Å². The van der Waals surface area contributed by atoms with E-state index in [1.54, 1.807) is 20.8 Å². The van der Waals surface area contributed by atoms with Gasteiger partial charge in [0.25, 0.3) is 5.22 Å². The highest BCUT2D eigenvalue weighted by Crippen LogP contribution is 2.32. The Hall–Kier alpha value is -3.54. The molecule has 0 bridgehead atoms. The molecule has 4 rings (SSSR count). The Morgan fingerprint density at radius 3 is 2.66 bits per heavy atom. The van der Waals surface area contributed by atoms with Gasteiger partial charge in [-0.1, -0.05) is 43.8 Å². The minimum atomic E-state index is -0.735. The largest absolute Gasteiger partial charge is 0.467 e. The monoisotopic (exact) mass is 543 g/mol. The summed E-state index contributed by atoms with van der Waals surface area (Å²) in [6, 6.07) is 6.56. The van der Waals surface area contributed by atoms with E-state index in [0.29, 0.717) is 6.42 Å². The Bertz CT molecular complexity index is 1330. The van der Waals surface area contributed by atoms with Crippen molar-refractivity contribution in [2.75, 3.05) is 12.9 Å². The van der Waals surface area contributed by atoms with E-state index >= 15 is 0 Å². The van der Waals surface area contributed by atoms with E-state index < -0.39 is 29.7 Å². The van der Waals surface area contributed by atoms with Gasteiger partial charge in [-0.3, -0.25) is 4.79 Å². The molecule has 1 aromatic carbocycles. The molecule has 38 heavy (non-hydrogen) atoms. The van der Waals surface area contributed by atoms with Gasteiger partial charge < -0.3 is 29.1 Å². The van der Waals surface area contributed by atoms with Gasteiger partial charge in [-0.2, -0.15) is 0 Å². The molecule has 2 atom stereocenters. The number of benzene rings is 1. The Balaban J connectivity index is 1.45. The molecule has 3 aromatic rings. The number of thioether (sulfide) groups is 1. The van der Waals surface area contributed by atoms with Crippen LogP contribution in [0.5, 0.6) is 0 Å². The number of esters is 1. The third kappa shape index (κ3) is 6.12. The van der Waals surface area contributed by atoms with Crippen molar-refractivity contribution in [1.82, 2.24) is 25.4 Å². The van der Waals surface area contributed by atoms with Crippen LogP contribution in [0.25, 0.3) is 10.9 Å². The molecular formula is C26H33N5O6S. The molecule has 12 heteroatoms. The first-order chi connectivity index (χ1) is 18.0. The van der Waals surface area contributed by atoms with Crippen LogP contribution in [0.4, 0.5) is 4.79 Å². The fraction of sp³-hybridized carbons (Fsp3) is 0.500. The van der Waals surface area contributed by atoms with Gasteiger partial charge >= 0.3 is 12.1 Å². The van der Waals surface area contributed by atoms with Gasteiger partial charge in [0.1, 0.15) is 17.7 Å². The number of amides is 2. The van der Waals surface area contributed by atoms with Gasteiger partial charge in [0.2, 0.25) is 11.8 Å². The Morgan fingerprint density at radius 1 is 1.24 bits per heavy atom. The number of alkyl carbamates (subject to hydrolysis) is 1. The smallest absolute Gasteiger partial charge is 0.408 e. The number of nitrogens with zero attached hydrogens (tertiary/aromatic N) is 3. The molecule has 2 N–H and O–H groups in total. The quantitative estimate of drug-likeness (QED) is 0.334. The van der Waals surface area contributed by atoms with Crippen molar-refractivity contribution in [1.29, 1.82) is 0 Å². The van der Waals surface area contributed by atoms with E-state index in [1.165, 1.54) is 12.0 Å². The van der Waals surface area contributed by atoms with Crippen molar-refractivity contribution < 1.29 is 28.3 Å². The molecule has 2 amide bonds. The van der Waals surface area contributed by atoms with E-state index in [0.717, 1.165) is 33.9 Å². The van der Waals surface area contributed by atoms with E-state index in [-0.39, 0.29) is 35.2 Å². The van der Waals surface area contributed by atoms with Crippen LogP contribution in [-0.4, -0.2) is 62.6 Å². The zero-order chi connectivity index (χ0) is 27.6. The Labute approximate surface area is 225 Å². The van der Waals surface area contributed by atoms with Gasteiger partial charge in [0, 0.05) is 23.0 Å². The van der Waals surface area contributed by atoms with E-state index in [1.807, 2.05) is 38.1 Å². The summed E-state index contributed by atoms with van der Waals surface area (Å²) in [4.78, 5) is 43.1. The van der Waals surface area contributed by atoms with Crippen LogP contribution in [0.1, 0.15) is 57.8 Å². The van der Waals surface area contributed by atoms with Crippen LogP contribution < -0.4 is 5.32 Å². The molecule has 204 valence electrons. The summed E-state index contributed by atoms with van der Waals surface area (Å²) < 4.78 is 16.1. The molecule has 0 radical (unpaired) electrons. The molecule has 1 aliphatic rings. The first kappa shape index (κ1) is 27.5. The number of aromatic nitrogens is 3. The zero-order valence-electron chi connectivity index (χ0n) is 22.4. The van der Waals surface area contributed by atoms with E-state index in [9.17, 15) is 14.4 Å². The van der Waals surface area contributed by atoms with Crippen molar-refractivity contribution >= 4 is 40.6 Å². The summed E-state index contributed by atoms with van der Waals surface area (Å²) in [5.41, 5.74) is 2.23. The van der Waals surface area contributed by atoms with Crippen molar-refractivity contribution in [2.24, 2.45) is 5.92 Å². The summed E-state index contributed by atoms with van der Waals surface area (Å²) in [5.74, 6) is -0.582. The lowest BCUT2D eigenvalue weighted by Gasteiger charge is -2.33. The van der Waals surface area contributed by atoms with Crippen molar-refractivity contribution in [3.8, 4) is 0 Å². The number of carbonyl (C=O) groups excluding carboxylic acids is 3. The number of nitrogens with one attached hydrogen (secondary N) is 2. The van der Waals surface area contributed by atoms with Gasteiger partial charge in [0.05, 0.1) is 19.4 Å². The molecule has 0 saturated heterocycles. The molecule has 3 heterocycles. The number of hydrogen-bond donors (Lipinski definition) is 2. The van der Waals surface area contributed by atoms with Crippen LogP contribution in [0, 0.1) is 5.92 Å². The normalized spacial score (nSPS) is 16.3. The summed E-state index contributed by atoms with van der Waals surface area (Å²) >= 11 is 1.07. The molecule has 0 unspecified atom stereocenters. The number of carbonyl (C=O) groups is 3. The fourth-order valence-electron chi connectivity index (χ4n) is 4.38. The number of aromatic amines is 1. The molecule has 2 aromatic heterocycles. The molecule has 0 fully saturated rings. The maximum atomic E-state index is 13.3. The first-order valence-corrected chi connectivity index (χ1v) is 13.4. The lowest BCUT2D eigenvalue weighted by Crippen LogP contribution is -2.49. The first-order valence-electron chi connectivity index (χ1n) is 12.4. The standard InChI is InChI=1S/C26H33N5O6S/c1-14(2)21(28-24(34)37-26(3,4)5)22-29-30-25(36-22)38-13-20(32)31-12-18-16(11-19(31)23(33)35-6)15-9-7-8-10-17(15)27-18/h7-10,14,19,21,27H,11-13H2,1-6H3,(H,28,34)/t19-,21-/m0/s1. The summed E-state index contributed by atoms with van der Waals surface area (Å²) in [6.07, 6.45) is -0.228. The zero-order valence-corrected chi connectivity index (χ0v) is 23.2. The lowest BCUT2D eigenvalue weighted by atomic mass is 9.96. The van der Waals surface area contributed by atoms with Crippen LogP contribution in [0.15, 0.2) is 33.9 Å². The van der Waals surface area contributed by atoms with Gasteiger partial charge in [-0.05, 0) is 38.3 Å². The van der Waals surface area contributed by atoms with Gasteiger partial charge in [-0.15, -0.1) is 10.2 Å². The van der Waals surface area contributed by atoms with Crippen LogP contribution in [0.2, 0.25) is 0 Å². The average molecular weight is 544 g/mol. The number of hydrogen-bond acceptors (Lipinski definition) is 9. The predicted octanol–water partition coefficient (Wildman–Crippen LogP) is 3.99. The molecular weight excluding hydrogens is 510 g/mol. The van der Waals surface area contributed by atoms with Crippen LogP contribution in [-0.2, 0) is 32.0 Å². The Morgan fingerprint density at radius 2 is 1.97 bits per heavy atom. The number of methoxy groups -OCH3 is 1. The van der Waals surface area contributed by atoms with Crippen molar-refractivity contribution in [3.63, 3.8) is 0 Å². The molecule has 1 aliphatic heterocycles. The fourth-order valence-corrected chi connectivity index (χ4v) is 5.03. The second-order valence-corrected chi connectivity index (χ2v) is 11.4. The number of rotatable bonds is 7. The SMILES string of the molecule is COC(=O)[C@@H]1Cc2c([nH]c3ccccc23)CN1C(=O)CSc1nnc([C@@H](NC(=O)OC(C)(C)C)C(C)C)o1. The van der Waals surface area contributed by atoms with Crippen molar-refractivity contribution in [3.05, 3.63) is 41.4 Å². The molecule has 0 aliphatic carbocycles. The highest BCUT2D eigenvalue weighted by molar-refractivity contribution is 7.99. The maximum Gasteiger partial charge on any atom is 0.408 e. The number of fused-ring (bicyclic) bond motifs is 3. The molecule has 11 nitrogen and oxygen atoms in total. The average Bonchev–Trinajstić information content (AvgIpc) is 3.47. The lowest BCUT2D eigenvalue weighted by molar-refractivity contribution is -0.153. The summed E-state index contributed by atoms with van der Waals surface area (Å²) in [7, 11) is 1.32. The number of H-pyrrole nitrogens is 1. The Kier molecular flexibility index (Phi) is 8.00. The second kappa shape index (κ2) is 11.1. The third-order valence-electron chi connectivity index (χ3n) is 6.14. The number of ether oxygens (including phenoxy) is 2. The van der Waals surface area contributed by atoms with E-state index in [2.05, 4.69) is 20.5 Å². The van der Waals surface area contributed by atoms with Crippen LogP contribution >= 0.6 is 11.8 Å². The summed E-state index contributed by atoms with van der Waals surface area (Å²) in [6.45, 7) is 9.41.